The topological polar surface area (TPSA) is 67.4 Å². The molecule has 0 saturated heterocycles. The second-order valence-corrected chi connectivity index (χ2v) is 6.99. The maximum Gasteiger partial charge on any atom is 0.257 e. The number of anilines is 2. The lowest BCUT2D eigenvalue weighted by atomic mass is 9.87. The first-order valence-corrected chi connectivity index (χ1v) is 9.50. The molecule has 5 heteroatoms. The molecule has 0 aromatic heterocycles. The molecule has 0 bridgehead atoms. The van der Waals surface area contributed by atoms with E-state index in [2.05, 4.69) is 10.6 Å². The van der Waals surface area contributed by atoms with Crippen molar-refractivity contribution in [2.24, 2.45) is 5.92 Å². The molecule has 0 unspecified atom stereocenters. The predicted octanol–water partition coefficient (Wildman–Crippen LogP) is 4.86. The van der Waals surface area contributed by atoms with Crippen molar-refractivity contribution in [1.29, 1.82) is 0 Å². The Morgan fingerprint density at radius 1 is 1.00 bits per heavy atom. The van der Waals surface area contributed by atoms with Crippen LogP contribution in [-0.2, 0) is 4.79 Å². The highest BCUT2D eigenvalue weighted by molar-refractivity contribution is 6.10. The molecule has 2 aromatic carbocycles. The fourth-order valence-electron chi connectivity index (χ4n) is 3.54. The van der Waals surface area contributed by atoms with Crippen molar-refractivity contribution >= 4 is 23.2 Å². The summed E-state index contributed by atoms with van der Waals surface area (Å²) in [5.41, 5.74) is 1.62. The highest BCUT2D eigenvalue weighted by Gasteiger charge is 2.19. The minimum atomic E-state index is -0.267. The SMILES string of the molecule is COc1cccc(NC(=O)c2ccccc2NC(=O)CC2CCCCC2)c1. The molecule has 0 spiro atoms. The van der Waals surface area contributed by atoms with Gasteiger partial charge in [-0.25, -0.2) is 0 Å². The zero-order valence-corrected chi connectivity index (χ0v) is 15.7. The molecule has 1 aliphatic carbocycles. The van der Waals surface area contributed by atoms with Crippen LogP contribution in [0.25, 0.3) is 0 Å². The van der Waals surface area contributed by atoms with Gasteiger partial charge in [0.15, 0.2) is 0 Å². The van der Waals surface area contributed by atoms with Gasteiger partial charge in [-0.1, -0.05) is 37.5 Å². The van der Waals surface area contributed by atoms with E-state index >= 15 is 0 Å². The van der Waals surface area contributed by atoms with Crippen LogP contribution < -0.4 is 15.4 Å². The van der Waals surface area contributed by atoms with Crippen LogP contribution in [0.3, 0.4) is 0 Å². The van der Waals surface area contributed by atoms with Gasteiger partial charge in [0.05, 0.1) is 18.4 Å². The second-order valence-electron chi connectivity index (χ2n) is 6.99. The molecule has 142 valence electrons. The average molecular weight is 366 g/mol. The first-order valence-electron chi connectivity index (χ1n) is 9.50. The Morgan fingerprint density at radius 2 is 1.78 bits per heavy atom. The number of nitrogens with one attached hydrogen (secondary N) is 2. The summed E-state index contributed by atoms with van der Waals surface area (Å²) in [4.78, 5) is 25.1. The van der Waals surface area contributed by atoms with Crippen LogP contribution in [0, 0.1) is 5.92 Å². The Morgan fingerprint density at radius 3 is 2.56 bits per heavy atom. The third-order valence-electron chi connectivity index (χ3n) is 4.97. The van der Waals surface area contributed by atoms with Gasteiger partial charge < -0.3 is 15.4 Å². The van der Waals surface area contributed by atoms with Crippen LogP contribution >= 0.6 is 0 Å². The van der Waals surface area contributed by atoms with E-state index in [1.165, 1.54) is 19.3 Å². The number of rotatable bonds is 6. The van der Waals surface area contributed by atoms with Gasteiger partial charge in [-0.15, -0.1) is 0 Å². The van der Waals surface area contributed by atoms with E-state index in [-0.39, 0.29) is 11.8 Å². The molecule has 27 heavy (non-hydrogen) atoms. The van der Waals surface area contributed by atoms with Crippen molar-refractivity contribution in [3.8, 4) is 5.75 Å². The Bertz CT molecular complexity index is 798. The van der Waals surface area contributed by atoms with Crippen molar-refractivity contribution < 1.29 is 14.3 Å². The Kier molecular flexibility index (Phi) is 6.47. The summed E-state index contributed by atoms with van der Waals surface area (Å²) in [6.07, 6.45) is 6.43. The maximum absolute atomic E-state index is 12.7. The van der Waals surface area contributed by atoms with Gasteiger partial charge in [0.2, 0.25) is 5.91 Å². The van der Waals surface area contributed by atoms with Gasteiger partial charge in [-0.3, -0.25) is 9.59 Å². The average Bonchev–Trinajstić information content (AvgIpc) is 2.69. The fraction of sp³-hybridized carbons (Fsp3) is 0.364. The van der Waals surface area contributed by atoms with Crippen LogP contribution in [0.5, 0.6) is 5.75 Å². The molecule has 2 amide bonds. The third kappa shape index (κ3) is 5.33. The summed E-state index contributed by atoms with van der Waals surface area (Å²) < 4.78 is 5.18. The van der Waals surface area contributed by atoms with Gasteiger partial charge in [0.25, 0.3) is 5.91 Å². The molecule has 1 saturated carbocycles. The minimum absolute atomic E-state index is 0.0245. The van der Waals surface area contributed by atoms with E-state index in [9.17, 15) is 9.59 Å². The summed E-state index contributed by atoms with van der Waals surface area (Å²) in [7, 11) is 1.58. The normalized spacial score (nSPS) is 14.4. The zero-order chi connectivity index (χ0) is 19.1. The smallest absolute Gasteiger partial charge is 0.257 e. The Hall–Kier alpha value is -2.82. The molecule has 2 aromatic rings. The van der Waals surface area contributed by atoms with Crippen molar-refractivity contribution in [2.75, 3.05) is 17.7 Å². The molecule has 0 radical (unpaired) electrons. The molecule has 0 heterocycles. The maximum atomic E-state index is 12.7. The number of carbonyl (C=O) groups excluding carboxylic acids is 2. The van der Waals surface area contributed by atoms with E-state index in [0.29, 0.717) is 35.0 Å². The first-order chi connectivity index (χ1) is 13.2. The number of para-hydroxylation sites is 1. The Balaban J connectivity index is 1.67. The van der Waals surface area contributed by atoms with E-state index in [4.69, 9.17) is 4.74 Å². The number of hydrogen-bond acceptors (Lipinski definition) is 3. The highest BCUT2D eigenvalue weighted by atomic mass is 16.5. The van der Waals surface area contributed by atoms with Gasteiger partial charge in [0, 0.05) is 18.2 Å². The van der Waals surface area contributed by atoms with Gasteiger partial charge >= 0.3 is 0 Å². The zero-order valence-electron chi connectivity index (χ0n) is 15.7. The number of amides is 2. The number of carbonyl (C=O) groups is 2. The van der Waals surface area contributed by atoms with Crippen molar-refractivity contribution in [3.63, 3.8) is 0 Å². The molecule has 3 rings (SSSR count). The van der Waals surface area contributed by atoms with Crippen molar-refractivity contribution in [1.82, 2.24) is 0 Å². The van der Waals surface area contributed by atoms with Crippen LogP contribution in [0.4, 0.5) is 11.4 Å². The fourth-order valence-corrected chi connectivity index (χ4v) is 3.54. The monoisotopic (exact) mass is 366 g/mol. The molecular formula is C22H26N2O3. The number of benzene rings is 2. The molecule has 1 aliphatic rings. The third-order valence-corrected chi connectivity index (χ3v) is 4.97. The largest absolute Gasteiger partial charge is 0.497 e. The molecule has 0 aliphatic heterocycles. The number of methoxy groups -OCH3 is 1. The van der Waals surface area contributed by atoms with Crippen LogP contribution in [-0.4, -0.2) is 18.9 Å². The van der Waals surface area contributed by atoms with Crippen molar-refractivity contribution in [2.45, 2.75) is 38.5 Å². The summed E-state index contributed by atoms with van der Waals surface area (Å²) in [5, 5.41) is 5.78. The summed E-state index contributed by atoms with van der Waals surface area (Å²) >= 11 is 0. The summed E-state index contributed by atoms with van der Waals surface area (Å²) in [6.45, 7) is 0. The van der Waals surface area contributed by atoms with E-state index in [0.717, 1.165) is 12.8 Å². The standard InChI is InChI=1S/C22H26N2O3/c1-27-18-11-7-10-17(15-18)23-22(26)19-12-5-6-13-20(19)24-21(25)14-16-8-3-2-4-9-16/h5-7,10-13,15-16H,2-4,8-9,14H2,1H3,(H,23,26)(H,24,25). The summed E-state index contributed by atoms with van der Waals surface area (Å²) in [6, 6.07) is 14.3. The van der Waals surface area contributed by atoms with Crippen LogP contribution in [0.15, 0.2) is 48.5 Å². The number of ether oxygens (including phenoxy) is 1. The van der Waals surface area contributed by atoms with Gasteiger partial charge in [0.1, 0.15) is 5.75 Å². The van der Waals surface area contributed by atoms with Crippen LogP contribution in [0.2, 0.25) is 0 Å². The summed E-state index contributed by atoms with van der Waals surface area (Å²) in [5.74, 6) is 0.832. The first kappa shape index (κ1) is 19.0. The lowest BCUT2D eigenvalue weighted by molar-refractivity contribution is -0.117. The quantitative estimate of drug-likeness (QED) is 0.767. The molecule has 5 nitrogen and oxygen atoms in total. The minimum Gasteiger partial charge on any atom is -0.497 e. The van der Waals surface area contributed by atoms with E-state index < -0.39 is 0 Å². The second kappa shape index (κ2) is 9.21. The highest BCUT2D eigenvalue weighted by Crippen LogP contribution is 2.27. The molecule has 0 atom stereocenters. The molecular weight excluding hydrogens is 340 g/mol. The van der Waals surface area contributed by atoms with Crippen molar-refractivity contribution in [3.05, 3.63) is 54.1 Å². The Labute approximate surface area is 160 Å². The lowest BCUT2D eigenvalue weighted by Gasteiger charge is -2.21. The lowest BCUT2D eigenvalue weighted by Crippen LogP contribution is -2.21. The predicted molar refractivity (Wildman–Crippen MR) is 107 cm³/mol. The molecule has 2 N–H and O–H groups in total. The number of hydrogen-bond donors (Lipinski definition) is 2. The van der Waals surface area contributed by atoms with E-state index in [1.54, 1.807) is 37.4 Å². The molecule has 1 fully saturated rings. The van der Waals surface area contributed by atoms with Gasteiger partial charge in [-0.2, -0.15) is 0 Å². The van der Waals surface area contributed by atoms with Crippen LogP contribution in [0.1, 0.15) is 48.9 Å². The van der Waals surface area contributed by atoms with Gasteiger partial charge in [-0.05, 0) is 43.0 Å². The van der Waals surface area contributed by atoms with E-state index in [1.807, 2.05) is 18.2 Å².